The Hall–Kier alpha value is -1.73. The van der Waals surface area contributed by atoms with Gasteiger partial charge < -0.3 is 20.5 Å². The highest BCUT2D eigenvalue weighted by Crippen LogP contribution is 2.63. The summed E-state index contributed by atoms with van der Waals surface area (Å²) in [6.07, 6.45) is 6.21. The molecule has 182 valence electrons. The number of ether oxygens (including phenoxy) is 1. The van der Waals surface area contributed by atoms with Crippen LogP contribution in [0.3, 0.4) is 0 Å². The van der Waals surface area contributed by atoms with Crippen molar-refractivity contribution in [2.45, 2.75) is 94.6 Å². The zero-order valence-electron chi connectivity index (χ0n) is 20.0. The van der Waals surface area contributed by atoms with E-state index in [9.17, 15) is 14.7 Å². The summed E-state index contributed by atoms with van der Waals surface area (Å²) in [7, 11) is 0. The van der Waals surface area contributed by atoms with Crippen LogP contribution in [0.2, 0.25) is 0 Å². The molecule has 0 heterocycles. The van der Waals surface area contributed by atoms with E-state index in [2.05, 4.69) is 17.6 Å². The molecule has 0 aliphatic heterocycles. The Morgan fingerprint density at radius 1 is 1.12 bits per heavy atom. The Morgan fingerprint density at radius 2 is 1.79 bits per heavy atom. The van der Waals surface area contributed by atoms with E-state index >= 15 is 0 Å². The van der Waals surface area contributed by atoms with Crippen molar-refractivity contribution < 1.29 is 19.4 Å². The highest BCUT2D eigenvalue weighted by Gasteiger charge is 2.59. The van der Waals surface area contributed by atoms with Crippen molar-refractivity contribution in [1.82, 2.24) is 10.6 Å². The molecule has 3 N–H and O–H groups in total. The van der Waals surface area contributed by atoms with Crippen molar-refractivity contribution in [2.75, 3.05) is 0 Å². The molecular formula is C26H38N2O4S. The summed E-state index contributed by atoms with van der Waals surface area (Å²) in [6.45, 7) is 6.29. The largest absolute Gasteiger partial charge is 0.445 e. The standard InChI is InChI=1S/C26H38N2O4S/c1-4-21(25-11-19-10-20(12-25)14-26(31,13-19)16-25)27-22(29)23(33-17(2)3)28-24(30)32-15-18-8-6-5-7-9-18/h5-9,17,19-21,23,31H,4,10-16H2,1-3H3,(H,27,29)(H,28,30). The van der Waals surface area contributed by atoms with Gasteiger partial charge in [0.15, 0.2) is 5.37 Å². The summed E-state index contributed by atoms with van der Waals surface area (Å²) in [5.41, 5.74) is 0.300. The molecule has 4 bridgehead atoms. The van der Waals surface area contributed by atoms with E-state index in [0.717, 1.165) is 44.1 Å². The van der Waals surface area contributed by atoms with E-state index in [-0.39, 0.29) is 29.2 Å². The maximum Gasteiger partial charge on any atom is 0.408 e. The number of thioether (sulfide) groups is 1. The first-order valence-corrected chi connectivity index (χ1v) is 13.3. The Bertz CT molecular complexity index is 832. The van der Waals surface area contributed by atoms with Gasteiger partial charge in [0.05, 0.1) is 5.60 Å². The number of carbonyl (C=O) groups excluding carboxylic acids is 2. The van der Waals surface area contributed by atoms with Gasteiger partial charge in [-0.15, -0.1) is 11.8 Å². The van der Waals surface area contributed by atoms with Crippen molar-refractivity contribution in [1.29, 1.82) is 0 Å². The molecule has 0 aromatic heterocycles. The Kier molecular flexibility index (Phi) is 7.29. The molecule has 4 fully saturated rings. The van der Waals surface area contributed by atoms with Crippen molar-refractivity contribution in [3.8, 4) is 0 Å². The van der Waals surface area contributed by atoms with E-state index < -0.39 is 17.1 Å². The predicted molar refractivity (Wildman–Crippen MR) is 131 cm³/mol. The lowest BCUT2D eigenvalue weighted by Crippen LogP contribution is -2.63. The van der Waals surface area contributed by atoms with Gasteiger partial charge in [-0.2, -0.15) is 0 Å². The van der Waals surface area contributed by atoms with Gasteiger partial charge in [0.25, 0.3) is 5.91 Å². The van der Waals surface area contributed by atoms with Gasteiger partial charge >= 0.3 is 6.09 Å². The van der Waals surface area contributed by atoms with Crippen LogP contribution in [0, 0.1) is 17.3 Å². The zero-order chi connectivity index (χ0) is 23.6. The number of nitrogens with one attached hydrogen (secondary N) is 2. The van der Waals surface area contributed by atoms with E-state index in [1.165, 1.54) is 18.2 Å². The second-order valence-corrected chi connectivity index (χ2v) is 12.5. The topological polar surface area (TPSA) is 87.7 Å². The first kappa shape index (κ1) is 24.4. The molecule has 4 unspecified atom stereocenters. The molecule has 2 amide bonds. The third-order valence-electron chi connectivity index (χ3n) is 7.65. The third kappa shape index (κ3) is 5.68. The second kappa shape index (κ2) is 9.87. The minimum Gasteiger partial charge on any atom is -0.445 e. The Morgan fingerprint density at radius 3 is 2.36 bits per heavy atom. The summed E-state index contributed by atoms with van der Waals surface area (Å²) in [5, 5.41) is 16.6. The van der Waals surface area contributed by atoms with Crippen LogP contribution in [0.1, 0.15) is 71.3 Å². The number of benzene rings is 1. The van der Waals surface area contributed by atoms with Gasteiger partial charge in [-0.05, 0) is 67.8 Å². The van der Waals surface area contributed by atoms with Crippen LogP contribution in [-0.4, -0.2) is 39.4 Å². The molecule has 4 saturated carbocycles. The molecule has 0 radical (unpaired) electrons. The molecular weight excluding hydrogens is 436 g/mol. The van der Waals surface area contributed by atoms with Crippen LogP contribution in [0.4, 0.5) is 4.79 Å². The van der Waals surface area contributed by atoms with Gasteiger partial charge in [-0.25, -0.2) is 4.79 Å². The maximum absolute atomic E-state index is 13.4. The lowest BCUT2D eigenvalue weighted by molar-refractivity contribution is -0.175. The normalized spacial score (nSPS) is 31.8. The SMILES string of the molecule is CCC(NC(=O)C(NC(=O)OCc1ccccc1)SC(C)C)C12CC3CC(CC(O)(C3)C1)C2. The van der Waals surface area contributed by atoms with Crippen LogP contribution in [0.15, 0.2) is 30.3 Å². The molecule has 1 aromatic rings. The molecule has 7 heteroatoms. The van der Waals surface area contributed by atoms with Crippen LogP contribution in [0.5, 0.6) is 0 Å². The monoisotopic (exact) mass is 474 g/mol. The molecule has 4 aliphatic carbocycles. The van der Waals surface area contributed by atoms with Crippen molar-refractivity contribution in [3.63, 3.8) is 0 Å². The summed E-state index contributed by atoms with van der Waals surface area (Å²) in [6, 6.07) is 9.49. The van der Waals surface area contributed by atoms with E-state index in [4.69, 9.17) is 4.74 Å². The number of rotatable bonds is 9. The van der Waals surface area contributed by atoms with Crippen molar-refractivity contribution >= 4 is 23.8 Å². The van der Waals surface area contributed by atoms with Gasteiger partial charge in [-0.3, -0.25) is 4.79 Å². The summed E-state index contributed by atoms with van der Waals surface area (Å²) in [5.74, 6) is 0.947. The lowest BCUT2D eigenvalue weighted by Gasteiger charge is -2.62. The van der Waals surface area contributed by atoms with Gasteiger partial charge in [0.2, 0.25) is 0 Å². The quantitative estimate of drug-likeness (QED) is 0.455. The molecule has 0 spiro atoms. The number of hydrogen-bond acceptors (Lipinski definition) is 5. The molecule has 4 aliphatic rings. The van der Waals surface area contributed by atoms with Gasteiger partial charge in [-0.1, -0.05) is 51.1 Å². The fourth-order valence-electron chi connectivity index (χ4n) is 6.93. The highest BCUT2D eigenvalue weighted by molar-refractivity contribution is 8.01. The minimum atomic E-state index is -0.723. The molecule has 0 saturated heterocycles. The third-order valence-corrected chi connectivity index (χ3v) is 8.80. The maximum atomic E-state index is 13.4. The zero-order valence-corrected chi connectivity index (χ0v) is 20.8. The fraction of sp³-hybridized carbons (Fsp3) is 0.692. The number of aliphatic hydroxyl groups is 1. The van der Waals surface area contributed by atoms with Crippen LogP contribution < -0.4 is 10.6 Å². The van der Waals surface area contributed by atoms with Gasteiger partial charge in [0.1, 0.15) is 6.61 Å². The second-order valence-electron chi connectivity index (χ2n) is 10.8. The van der Waals surface area contributed by atoms with E-state index in [1.807, 2.05) is 44.2 Å². The Balaban J connectivity index is 1.40. The summed E-state index contributed by atoms with van der Waals surface area (Å²) < 4.78 is 5.36. The molecule has 6 nitrogen and oxygen atoms in total. The number of alkyl carbamates (subject to hydrolysis) is 1. The molecule has 33 heavy (non-hydrogen) atoms. The van der Waals surface area contributed by atoms with E-state index in [0.29, 0.717) is 11.8 Å². The number of carbonyl (C=O) groups is 2. The first-order chi connectivity index (χ1) is 15.7. The van der Waals surface area contributed by atoms with E-state index in [1.54, 1.807) is 0 Å². The lowest BCUT2D eigenvalue weighted by atomic mass is 9.46. The summed E-state index contributed by atoms with van der Waals surface area (Å²) >= 11 is 1.41. The number of hydrogen-bond donors (Lipinski definition) is 3. The minimum absolute atomic E-state index is 0.000161. The highest BCUT2D eigenvalue weighted by atomic mass is 32.2. The van der Waals surface area contributed by atoms with Crippen molar-refractivity contribution in [2.24, 2.45) is 17.3 Å². The van der Waals surface area contributed by atoms with Crippen LogP contribution in [-0.2, 0) is 16.1 Å². The molecule has 1 aromatic carbocycles. The van der Waals surface area contributed by atoms with Crippen LogP contribution in [0.25, 0.3) is 0 Å². The van der Waals surface area contributed by atoms with Gasteiger partial charge in [0, 0.05) is 11.3 Å². The molecule has 5 rings (SSSR count). The van der Waals surface area contributed by atoms with Crippen molar-refractivity contribution in [3.05, 3.63) is 35.9 Å². The fourth-order valence-corrected chi connectivity index (χ4v) is 7.83. The average molecular weight is 475 g/mol. The number of amides is 2. The Labute approximate surface area is 201 Å². The first-order valence-electron chi connectivity index (χ1n) is 12.4. The average Bonchev–Trinajstić information content (AvgIpc) is 2.74. The summed E-state index contributed by atoms with van der Waals surface area (Å²) in [4.78, 5) is 25.8. The smallest absolute Gasteiger partial charge is 0.408 e. The molecule has 4 atom stereocenters. The van der Waals surface area contributed by atoms with Crippen LogP contribution >= 0.6 is 11.8 Å². The predicted octanol–water partition coefficient (Wildman–Crippen LogP) is 4.61.